The first-order chi connectivity index (χ1) is 5.99. The van der Waals surface area contributed by atoms with Gasteiger partial charge in [0.1, 0.15) is 0 Å². The molecular formula is C9H17NO2S. The Morgan fingerprint density at radius 2 is 1.62 bits per heavy atom. The predicted molar refractivity (Wildman–Crippen MR) is 52.4 cm³/mol. The summed E-state index contributed by atoms with van der Waals surface area (Å²) in [7, 11) is -2.73. The van der Waals surface area contributed by atoms with Crippen LogP contribution in [0.4, 0.5) is 0 Å². The first-order valence-corrected chi connectivity index (χ1v) is 6.79. The molecule has 0 aromatic carbocycles. The lowest BCUT2D eigenvalue weighted by Gasteiger charge is -2.37. The molecule has 0 N–H and O–H groups in total. The molecule has 0 aromatic heterocycles. The molecule has 2 aliphatic heterocycles. The Morgan fingerprint density at radius 3 is 2.00 bits per heavy atom. The predicted octanol–water partition coefficient (Wildman–Crippen LogP) is 0.656. The van der Waals surface area contributed by atoms with E-state index in [1.54, 1.807) is 0 Å². The van der Waals surface area contributed by atoms with Gasteiger partial charge in [0.05, 0.1) is 11.5 Å². The van der Waals surface area contributed by atoms with Crippen molar-refractivity contribution >= 4 is 9.84 Å². The molecule has 2 heterocycles. The fourth-order valence-corrected chi connectivity index (χ4v) is 4.80. The van der Waals surface area contributed by atoms with Crippen LogP contribution in [0, 0.1) is 0 Å². The van der Waals surface area contributed by atoms with E-state index in [1.807, 2.05) is 0 Å². The SMILES string of the molecule is CC(C)N1C2CCC1CS(=O)(=O)C2. The molecule has 76 valence electrons. The van der Waals surface area contributed by atoms with E-state index in [-0.39, 0.29) is 0 Å². The standard InChI is InChI=1S/C9H17NO2S/c1-7(2)10-8-3-4-9(10)6-13(11,12)5-8/h7-9H,3-6H2,1-2H3. The average Bonchev–Trinajstić information content (AvgIpc) is 2.23. The van der Waals surface area contributed by atoms with E-state index in [9.17, 15) is 8.42 Å². The molecule has 2 rings (SSSR count). The maximum absolute atomic E-state index is 11.5. The zero-order chi connectivity index (χ0) is 9.64. The van der Waals surface area contributed by atoms with Gasteiger partial charge in [-0.2, -0.15) is 0 Å². The van der Waals surface area contributed by atoms with Crippen LogP contribution < -0.4 is 0 Å². The highest BCUT2D eigenvalue weighted by Gasteiger charge is 2.43. The molecule has 0 radical (unpaired) electrons. The molecule has 2 bridgehead atoms. The second kappa shape index (κ2) is 2.95. The Balaban J connectivity index is 2.23. The number of sulfone groups is 1. The van der Waals surface area contributed by atoms with Crippen LogP contribution in [-0.2, 0) is 9.84 Å². The van der Waals surface area contributed by atoms with Crippen molar-refractivity contribution in [2.24, 2.45) is 0 Å². The molecule has 0 aliphatic carbocycles. The molecule has 2 unspecified atom stereocenters. The lowest BCUT2D eigenvalue weighted by molar-refractivity contribution is 0.162. The highest BCUT2D eigenvalue weighted by Crippen LogP contribution is 2.32. The van der Waals surface area contributed by atoms with Crippen LogP contribution in [0.1, 0.15) is 26.7 Å². The molecule has 2 atom stereocenters. The van der Waals surface area contributed by atoms with E-state index in [4.69, 9.17) is 0 Å². The van der Waals surface area contributed by atoms with Gasteiger partial charge >= 0.3 is 0 Å². The summed E-state index contributed by atoms with van der Waals surface area (Å²) in [5.41, 5.74) is 0. The second-order valence-corrected chi connectivity index (χ2v) is 6.66. The van der Waals surface area contributed by atoms with Gasteiger partial charge in [0.15, 0.2) is 9.84 Å². The molecule has 4 heteroatoms. The number of hydrogen-bond donors (Lipinski definition) is 0. The second-order valence-electron chi connectivity index (χ2n) is 4.50. The van der Waals surface area contributed by atoms with Crippen LogP contribution in [0.15, 0.2) is 0 Å². The zero-order valence-electron chi connectivity index (χ0n) is 8.23. The van der Waals surface area contributed by atoms with Crippen molar-refractivity contribution in [3.63, 3.8) is 0 Å². The lowest BCUT2D eigenvalue weighted by Crippen LogP contribution is -2.51. The first-order valence-electron chi connectivity index (χ1n) is 4.97. The smallest absolute Gasteiger partial charge is 0.153 e. The van der Waals surface area contributed by atoms with Gasteiger partial charge in [0.25, 0.3) is 0 Å². The molecule has 0 saturated carbocycles. The van der Waals surface area contributed by atoms with Gasteiger partial charge in [-0.1, -0.05) is 0 Å². The Kier molecular flexibility index (Phi) is 2.15. The lowest BCUT2D eigenvalue weighted by atomic mass is 10.2. The summed E-state index contributed by atoms with van der Waals surface area (Å²) in [4.78, 5) is 2.39. The van der Waals surface area contributed by atoms with E-state index >= 15 is 0 Å². The Morgan fingerprint density at radius 1 is 1.15 bits per heavy atom. The Hall–Kier alpha value is -0.0900. The minimum Gasteiger partial charge on any atom is -0.293 e. The average molecular weight is 203 g/mol. The van der Waals surface area contributed by atoms with Crippen molar-refractivity contribution < 1.29 is 8.42 Å². The largest absolute Gasteiger partial charge is 0.293 e. The maximum atomic E-state index is 11.5. The van der Waals surface area contributed by atoms with Crippen LogP contribution in [0.2, 0.25) is 0 Å². The van der Waals surface area contributed by atoms with Crippen molar-refractivity contribution in [1.82, 2.24) is 4.90 Å². The molecule has 0 amide bonds. The summed E-state index contributed by atoms with van der Waals surface area (Å²) in [6, 6.07) is 1.11. The molecule has 0 aromatic rings. The van der Waals surface area contributed by atoms with E-state index < -0.39 is 9.84 Å². The summed E-state index contributed by atoms with van der Waals surface area (Å²) in [5, 5.41) is 0. The highest BCUT2D eigenvalue weighted by atomic mass is 32.2. The van der Waals surface area contributed by atoms with Crippen molar-refractivity contribution in [1.29, 1.82) is 0 Å². The molecule has 2 saturated heterocycles. The number of rotatable bonds is 1. The van der Waals surface area contributed by atoms with Crippen LogP contribution in [-0.4, -0.2) is 42.9 Å². The monoisotopic (exact) mass is 203 g/mol. The summed E-state index contributed by atoms with van der Waals surface area (Å²) in [5.74, 6) is 0.781. The normalized spacial score (nSPS) is 38.4. The quantitative estimate of drug-likeness (QED) is 0.628. The van der Waals surface area contributed by atoms with Gasteiger partial charge in [0.2, 0.25) is 0 Å². The third-order valence-electron chi connectivity index (χ3n) is 3.17. The Bertz CT molecular complexity index is 277. The van der Waals surface area contributed by atoms with Crippen molar-refractivity contribution in [3.8, 4) is 0 Å². The fraction of sp³-hybridized carbons (Fsp3) is 1.00. The summed E-state index contributed by atoms with van der Waals surface area (Å²) in [6.07, 6.45) is 2.14. The van der Waals surface area contributed by atoms with Gasteiger partial charge < -0.3 is 0 Å². The molecule has 2 fully saturated rings. The number of hydrogen-bond acceptors (Lipinski definition) is 3. The molecule has 0 spiro atoms. The molecule has 2 aliphatic rings. The van der Waals surface area contributed by atoms with Gasteiger partial charge in [-0.3, -0.25) is 4.90 Å². The van der Waals surface area contributed by atoms with Crippen LogP contribution in [0.3, 0.4) is 0 Å². The van der Waals surface area contributed by atoms with E-state index in [0.29, 0.717) is 29.6 Å². The molecule has 3 nitrogen and oxygen atoms in total. The van der Waals surface area contributed by atoms with Crippen LogP contribution in [0.25, 0.3) is 0 Å². The third kappa shape index (κ3) is 1.62. The summed E-state index contributed by atoms with van der Waals surface area (Å²) in [6.45, 7) is 4.31. The topological polar surface area (TPSA) is 37.4 Å². The van der Waals surface area contributed by atoms with Gasteiger partial charge in [0, 0.05) is 18.1 Å². The zero-order valence-corrected chi connectivity index (χ0v) is 9.05. The molecular weight excluding hydrogens is 186 g/mol. The number of nitrogens with zero attached hydrogens (tertiary/aromatic N) is 1. The fourth-order valence-electron chi connectivity index (χ4n) is 2.82. The Labute approximate surface area is 80.0 Å². The summed E-state index contributed by atoms with van der Waals surface area (Å²) >= 11 is 0. The molecule has 13 heavy (non-hydrogen) atoms. The minimum absolute atomic E-state index is 0.309. The van der Waals surface area contributed by atoms with Crippen molar-refractivity contribution in [2.45, 2.75) is 44.8 Å². The van der Waals surface area contributed by atoms with Gasteiger partial charge in [-0.05, 0) is 26.7 Å². The third-order valence-corrected chi connectivity index (χ3v) is 4.95. The van der Waals surface area contributed by atoms with Crippen molar-refractivity contribution in [2.75, 3.05) is 11.5 Å². The van der Waals surface area contributed by atoms with E-state index in [0.717, 1.165) is 12.8 Å². The van der Waals surface area contributed by atoms with E-state index in [2.05, 4.69) is 18.7 Å². The minimum atomic E-state index is -2.73. The van der Waals surface area contributed by atoms with Crippen LogP contribution >= 0.6 is 0 Å². The maximum Gasteiger partial charge on any atom is 0.153 e. The van der Waals surface area contributed by atoms with Gasteiger partial charge in [-0.25, -0.2) is 8.42 Å². The number of fused-ring (bicyclic) bond motifs is 2. The van der Waals surface area contributed by atoms with E-state index in [1.165, 1.54) is 0 Å². The first kappa shape index (κ1) is 9.46. The van der Waals surface area contributed by atoms with Gasteiger partial charge in [-0.15, -0.1) is 0 Å². The van der Waals surface area contributed by atoms with Crippen molar-refractivity contribution in [3.05, 3.63) is 0 Å². The van der Waals surface area contributed by atoms with Crippen LogP contribution in [0.5, 0.6) is 0 Å². The summed E-state index contributed by atoms with van der Waals surface area (Å²) < 4.78 is 22.9. The highest BCUT2D eigenvalue weighted by molar-refractivity contribution is 7.91.